The Balaban J connectivity index is 1.75. The van der Waals surface area contributed by atoms with Crippen LogP contribution in [0.5, 0.6) is 0 Å². The molecule has 1 N–H and O–H groups in total. The van der Waals surface area contributed by atoms with Gasteiger partial charge >= 0.3 is 5.97 Å². The zero-order valence-electron chi connectivity index (χ0n) is 9.25. The molecule has 0 amide bonds. The second kappa shape index (κ2) is 4.49. The third-order valence-corrected chi connectivity index (χ3v) is 3.42. The van der Waals surface area contributed by atoms with Crippen LogP contribution in [0.3, 0.4) is 0 Å². The summed E-state index contributed by atoms with van der Waals surface area (Å²) in [5, 5.41) is 3.46. The van der Waals surface area contributed by atoms with Gasteiger partial charge < -0.3 is 14.8 Å². The fraction of sp³-hybridized carbons (Fsp3) is 0.909. The van der Waals surface area contributed by atoms with Crippen molar-refractivity contribution >= 4 is 5.97 Å². The average molecular weight is 213 g/mol. The molecule has 1 aliphatic heterocycles. The number of hydrogen-bond acceptors (Lipinski definition) is 4. The Labute approximate surface area is 90.3 Å². The third kappa shape index (κ3) is 2.49. The van der Waals surface area contributed by atoms with Crippen molar-refractivity contribution in [2.24, 2.45) is 5.41 Å². The summed E-state index contributed by atoms with van der Waals surface area (Å²) in [5.74, 6) is -0.0536. The minimum absolute atomic E-state index is 0.0536. The lowest BCUT2D eigenvalue weighted by Crippen LogP contribution is -2.40. The third-order valence-electron chi connectivity index (χ3n) is 3.42. The molecule has 0 atom stereocenters. The van der Waals surface area contributed by atoms with Crippen molar-refractivity contribution in [2.75, 3.05) is 26.9 Å². The summed E-state index contributed by atoms with van der Waals surface area (Å²) < 4.78 is 10.1. The summed E-state index contributed by atoms with van der Waals surface area (Å²) in [4.78, 5) is 11.5. The minimum Gasteiger partial charge on any atom is -0.469 e. The first-order valence-corrected chi connectivity index (χ1v) is 5.66. The molecule has 0 spiro atoms. The molecule has 2 rings (SSSR count). The average Bonchev–Trinajstić information content (AvgIpc) is 3.08. The predicted molar refractivity (Wildman–Crippen MR) is 55.5 cm³/mol. The standard InChI is InChI=1S/C11H19NO3/c1-14-10(13)11(4-5-11)8-12-9-2-6-15-7-3-9/h9,12H,2-8H2,1H3. The summed E-state index contributed by atoms with van der Waals surface area (Å²) in [6, 6.07) is 0.515. The van der Waals surface area contributed by atoms with Crippen molar-refractivity contribution in [3.05, 3.63) is 0 Å². The van der Waals surface area contributed by atoms with Crippen molar-refractivity contribution in [2.45, 2.75) is 31.7 Å². The van der Waals surface area contributed by atoms with E-state index in [1.807, 2.05) is 0 Å². The van der Waals surface area contributed by atoms with Crippen LogP contribution in [0.25, 0.3) is 0 Å². The van der Waals surface area contributed by atoms with Crippen LogP contribution in [-0.2, 0) is 14.3 Å². The van der Waals surface area contributed by atoms with E-state index in [0.717, 1.165) is 45.4 Å². The molecular formula is C11H19NO3. The SMILES string of the molecule is COC(=O)C1(CNC2CCOCC2)CC1. The number of carbonyl (C=O) groups is 1. The first kappa shape index (κ1) is 10.9. The molecule has 4 nitrogen and oxygen atoms in total. The summed E-state index contributed by atoms with van der Waals surface area (Å²) in [7, 11) is 1.47. The molecule has 1 aliphatic carbocycles. The Morgan fingerprint density at radius 1 is 1.47 bits per heavy atom. The molecule has 1 saturated carbocycles. The van der Waals surface area contributed by atoms with Gasteiger partial charge in [0.1, 0.15) is 0 Å². The maximum atomic E-state index is 11.5. The lowest BCUT2D eigenvalue weighted by Gasteiger charge is -2.25. The van der Waals surface area contributed by atoms with E-state index < -0.39 is 0 Å². The summed E-state index contributed by atoms with van der Waals surface area (Å²) in [6.07, 6.45) is 4.04. The van der Waals surface area contributed by atoms with Crippen LogP contribution in [0.4, 0.5) is 0 Å². The Kier molecular flexibility index (Phi) is 3.26. The highest BCUT2D eigenvalue weighted by atomic mass is 16.5. The van der Waals surface area contributed by atoms with Crippen LogP contribution in [0.2, 0.25) is 0 Å². The molecule has 0 bridgehead atoms. The normalized spacial score (nSPS) is 24.9. The van der Waals surface area contributed by atoms with Gasteiger partial charge in [0.05, 0.1) is 12.5 Å². The van der Waals surface area contributed by atoms with Crippen molar-refractivity contribution < 1.29 is 14.3 Å². The van der Waals surface area contributed by atoms with E-state index in [-0.39, 0.29) is 11.4 Å². The van der Waals surface area contributed by atoms with Gasteiger partial charge in [-0.25, -0.2) is 0 Å². The van der Waals surface area contributed by atoms with E-state index in [0.29, 0.717) is 6.04 Å². The van der Waals surface area contributed by atoms with Gasteiger partial charge in [0.15, 0.2) is 0 Å². The van der Waals surface area contributed by atoms with Crippen molar-refractivity contribution in [1.29, 1.82) is 0 Å². The fourth-order valence-corrected chi connectivity index (χ4v) is 2.06. The van der Waals surface area contributed by atoms with Gasteiger partial charge in [-0.15, -0.1) is 0 Å². The van der Waals surface area contributed by atoms with E-state index in [4.69, 9.17) is 9.47 Å². The second-order valence-corrected chi connectivity index (χ2v) is 4.54. The highest BCUT2D eigenvalue weighted by molar-refractivity contribution is 5.80. The molecule has 1 heterocycles. The zero-order chi connectivity index (χ0) is 10.7. The quantitative estimate of drug-likeness (QED) is 0.699. The van der Waals surface area contributed by atoms with Gasteiger partial charge in [0, 0.05) is 25.8 Å². The summed E-state index contributed by atoms with van der Waals surface area (Å²) >= 11 is 0. The van der Waals surface area contributed by atoms with E-state index in [1.54, 1.807) is 0 Å². The largest absolute Gasteiger partial charge is 0.469 e. The molecule has 86 valence electrons. The lowest BCUT2D eigenvalue weighted by molar-refractivity contribution is -0.147. The smallest absolute Gasteiger partial charge is 0.313 e. The van der Waals surface area contributed by atoms with Gasteiger partial charge in [-0.3, -0.25) is 4.79 Å². The number of rotatable bonds is 4. The topological polar surface area (TPSA) is 47.6 Å². The molecule has 1 saturated heterocycles. The Hall–Kier alpha value is -0.610. The van der Waals surface area contributed by atoms with Crippen LogP contribution < -0.4 is 5.32 Å². The van der Waals surface area contributed by atoms with Gasteiger partial charge in [-0.2, -0.15) is 0 Å². The molecule has 2 aliphatic rings. The summed E-state index contributed by atoms with van der Waals surface area (Å²) in [6.45, 7) is 2.44. The monoisotopic (exact) mass is 213 g/mol. The molecule has 0 radical (unpaired) electrons. The highest BCUT2D eigenvalue weighted by Crippen LogP contribution is 2.46. The van der Waals surface area contributed by atoms with Gasteiger partial charge in [-0.05, 0) is 25.7 Å². The van der Waals surface area contributed by atoms with E-state index >= 15 is 0 Å². The number of esters is 1. The van der Waals surface area contributed by atoms with Crippen molar-refractivity contribution in [1.82, 2.24) is 5.32 Å². The van der Waals surface area contributed by atoms with Crippen LogP contribution in [0.15, 0.2) is 0 Å². The number of methoxy groups -OCH3 is 1. The second-order valence-electron chi connectivity index (χ2n) is 4.54. The predicted octanol–water partition coefficient (Wildman–Crippen LogP) is 0.708. The van der Waals surface area contributed by atoms with E-state index in [2.05, 4.69) is 5.32 Å². The van der Waals surface area contributed by atoms with Crippen molar-refractivity contribution in [3.63, 3.8) is 0 Å². The first-order chi connectivity index (χ1) is 7.27. The molecule has 15 heavy (non-hydrogen) atoms. The molecular weight excluding hydrogens is 194 g/mol. The summed E-state index contributed by atoms with van der Waals surface area (Å²) in [5.41, 5.74) is -0.201. The number of ether oxygens (including phenoxy) is 2. The maximum absolute atomic E-state index is 11.5. The first-order valence-electron chi connectivity index (χ1n) is 5.66. The molecule has 4 heteroatoms. The van der Waals surface area contributed by atoms with Crippen LogP contribution in [-0.4, -0.2) is 38.9 Å². The van der Waals surface area contributed by atoms with Crippen LogP contribution >= 0.6 is 0 Å². The number of hydrogen-bond donors (Lipinski definition) is 1. The Morgan fingerprint density at radius 3 is 2.67 bits per heavy atom. The number of carbonyl (C=O) groups excluding carboxylic acids is 1. The highest BCUT2D eigenvalue weighted by Gasteiger charge is 2.50. The number of nitrogens with one attached hydrogen (secondary N) is 1. The Bertz CT molecular complexity index is 232. The molecule has 2 fully saturated rings. The lowest BCUT2D eigenvalue weighted by atomic mass is 10.0. The van der Waals surface area contributed by atoms with Gasteiger partial charge in [-0.1, -0.05) is 0 Å². The van der Waals surface area contributed by atoms with E-state index in [9.17, 15) is 4.79 Å². The molecule has 0 aromatic rings. The van der Waals surface area contributed by atoms with E-state index in [1.165, 1.54) is 7.11 Å². The van der Waals surface area contributed by atoms with Crippen molar-refractivity contribution in [3.8, 4) is 0 Å². The van der Waals surface area contributed by atoms with Gasteiger partial charge in [0.2, 0.25) is 0 Å². The maximum Gasteiger partial charge on any atom is 0.313 e. The molecule has 0 aromatic heterocycles. The fourth-order valence-electron chi connectivity index (χ4n) is 2.06. The minimum atomic E-state index is -0.201. The Morgan fingerprint density at radius 2 is 2.13 bits per heavy atom. The molecule has 0 aromatic carbocycles. The molecule has 0 unspecified atom stereocenters. The zero-order valence-corrected chi connectivity index (χ0v) is 9.25. The van der Waals surface area contributed by atoms with Gasteiger partial charge in [0.25, 0.3) is 0 Å². The van der Waals surface area contributed by atoms with Crippen LogP contribution in [0, 0.1) is 5.41 Å². The van der Waals surface area contributed by atoms with Crippen LogP contribution in [0.1, 0.15) is 25.7 Å².